The van der Waals surface area contributed by atoms with E-state index in [-0.39, 0.29) is 47.1 Å². The molecular weight excluding hydrogens is 943 g/mol. The van der Waals surface area contributed by atoms with Crippen molar-refractivity contribution in [1.29, 1.82) is 10.5 Å². The van der Waals surface area contributed by atoms with Gasteiger partial charge in [-0.1, -0.05) is 113 Å². The van der Waals surface area contributed by atoms with Gasteiger partial charge in [-0.05, 0) is 130 Å². The van der Waals surface area contributed by atoms with Crippen LogP contribution in [0, 0.1) is 77.7 Å². The molecule has 0 fully saturated rings. The normalized spacial score (nSPS) is 18.2. The van der Waals surface area contributed by atoms with E-state index in [4.69, 9.17) is 15.0 Å². The van der Waals surface area contributed by atoms with Gasteiger partial charge in [0.15, 0.2) is 5.82 Å². The van der Waals surface area contributed by atoms with E-state index in [9.17, 15) is 10.5 Å². The van der Waals surface area contributed by atoms with Crippen molar-refractivity contribution in [3.05, 3.63) is 215 Å². The highest BCUT2D eigenvalue weighted by Gasteiger charge is 2.36. The van der Waals surface area contributed by atoms with Crippen LogP contribution in [0.25, 0.3) is 44.5 Å². The van der Waals surface area contributed by atoms with Crippen LogP contribution in [0.3, 0.4) is 0 Å². The number of benzene rings is 4. The number of para-hydroxylation sites is 2. The number of aromatic nitrogens is 4. The Balaban J connectivity index is 0.000000214. The first-order chi connectivity index (χ1) is 36.9. The van der Waals surface area contributed by atoms with Gasteiger partial charge in [-0.25, -0.2) is 18.7 Å². The Hall–Kier alpha value is -8.34. The van der Waals surface area contributed by atoms with Crippen LogP contribution in [0.15, 0.2) is 180 Å². The lowest BCUT2D eigenvalue weighted by atomic mass is 9.70. The van der Waals surface area contributed by atoms with E-state index in [1.807, 2.05) is 119 Å². The molecule has 2 aliphatic rings. The number of nitrogens with zero attached hydrogens (tertiary/aromatic N) is 8. The minimum absolute atomic E-state index is 0.108. The fourth-order valence-corrected chi connectivity index (χ4v) is 10.8. The maximum Gasteiger partial charge on any atom is 0.160 e. The van der Waals surface area contributed by atoms with E-state index >= 15 is 8.78 Å². The molecule has 3 aromatic heterocycles. The third-order valence-corrected chi connectivity index (χ3v) is 14.7. The second kappa shape index (κ2) is 25.7. The predicted octanol–water partition coefficient (Wildman–Crippen LogP) is 16.3. The molecule has 6 atom stereocenters. The summed E-state index contributed by atoms with van der Waals surface area (Å²) in [5.74, 6) is 0.499. The van der Waals surface area contributed by atoms with Crippen molar-refractivity contribution >= 4 is 34.2 Å². The zero-order valence-electron chi connectivity index (χ0n) is 44.7. The highest BCUT2D eigenvalue weighted by atomic mass is 19.1. The van der Waals surface area contributed by atoms with Crippen LogP contribution in [-0.2, 0) is 13.0 Å². The van der Waals surface area contributed by atoms with E-state index in [0.717, 1.165) is 86.0 Å². The van der Waals surface area contributed by atoms with E-state index in [0.29, 0.717) is 46.9 Å². The second-order valence-electron chi connectivity index (χ2n) is 19.3. The molecule has 9 rings (SSSR count). The number of pyridine rings is 2. The summed E-state index contributed by atoms with van der Waals surface area (Å²) >= 11 is 0. The molecule has 0 saturated carbocycles. The van der Waals surface area contributed by atoms with Crippen molar-refractivity contribution in [3.63, 3.8) is 0 Å². The van der Waals surface area contributed by atoms with Crippen LogP contribution in [0.2, 0.25) is 0 Å². The summed E-state index contributed by atoms with van der Waals surface area (Å²) in [4.78, 5) is 28.9. The summed E-state index contributed by atoms with van der Waals surface area (Å²) in [6.45, 7) is 26.4. The Bertz CT molecular complexity index is 3500. The Morgan fingerprint density at radius 1 is 0.789 bits per heavy atom. The number of halogens is 2. The van der Waals surface area contributed by atoms with Crippen molar-refractivity contribution < 1.29 is 8.78 Å². The number of aryl methyl sites for hydroxylation is 2. The summed E-state index contributed by atoms with van der Waals surface area (Å²) in [7, 11) is 0. The molecule has 7 aromatic rings. The van der Waals surface area contributed by atoms with Crippen molar-refractivity contribution in [1.82, 2.24) is 19.9 Å². The Labute approximate surface area is 447 Å². The van der Waals surface area contributed by atoms with Crippen LogP contribution >= 0.6 is 0 Å². The minimum Gasteiger partial charge on any atom is -0.279 e. The van der Waals surface area contributed by atoms with Gasteiger partial charge in [-0.3, -0.25) is 20.0 Å². The molecule has 0 N–H and O–H groups in total. The first-order valence-electron chi connectivity index (χ1n) is 26.2. The average molecular weight is 1010 g/mol. The van der Waals surface area contributed by atoms with Gasteiger partial charge >= 0.3 is 0 Å². The molecular formula is C66H66F2N8. The van der Waals surface area contributed by atoms with Gasteiger partial charge in [0.2, 0.25) is 0 Å². The van der Waals surface area contributed by atoms with Gasteiger partial charge < -0.3 is 0 Å². The first kappa shape index (κ1) is 55.4. The van der Waals surface area contributed by atoms with Gasteiger partial charge in [0.05, 0.1) is 52.5 Å². The highest BCUT2D eigenvalue weighted by Crippen LogP contribution is 2.46. The monoisotopic (exact) mass is 1010 g/mol. The largest absolute Gasteiger partial charge is 0.279 e. The van der Waals surface area contributed by atoms with Crippen LogP contribution < -0.4 is 0 Å². The van der Waals surface area contributed by atoms with Crippen LogP contribution in [-0.4, -0.2) is 32.4 Å². The molecule has 0 saturated heterocycles. The fraction of sp³-hybridized carbons (Fsp3) is 0.273. The molecule has 4 aromatic carbocycles. The third kappa shape index (κ3) is 11.9. The quantitative estimate of drug-likeness (QED) is 0.0644. The molecule has 2 aliphatic carbocycles. The molecule has 10 heteroatoms. The lowest BCUT2D eigenvalue weighted by molar-refractivity contribution is 0.312. The standard InChI is InChI=1S/C33H33FN4.C31H27FN4.C2H6/c1-6-22(3)25-15-16-28(32(36-5)29(25)17-21(2)19-35)33(27-12-7-9-13-30(27)34)37-20-24-18-23(4)38-31-14-10-8-11-26(24)31;1-4-19(2)21-14-15-26-29(22(21)12-8-17-33)35-31(36-30(26)25-10-5-6-13-27(25)32)24-16-18-34-28-20(3)9-7-11-23(24)28;1-2/h6-14,17-18,22,25,29H,1,5,15-16,20H2,2-4H3;4-13,16,18-19,21-22H,1,14-15H2,2-3H3;1-2H3/b21-17+,37-33?;12-8+;. The smallest absolute Gasteiger partial charge is 0.160 e. The molecule has 0 amide bonds. The summed E-state index contributed by atoms with van der Waals surface area (Å²) in [5, 5.41) is 20.8. The van der Waals surface area contributed by atoms with Crippen LogP contribution in [0.4, 0.5) is 8.78 Å². The van der Waals surface area contributed by atoms with E-state index in [1.165, 1.54) is 18.2 Å². The molecule has 6 unspecified atom stereocenters. The van der Waals surface area contributed by atoms with Gasteiger partial charge in [0.1, 0.15) is 11.6 Å². The van der Waals surface area contributed by atoms with E-state index in [2.05, 4.69) is 60.8 Å². The van der Waals surface area contributed by atoms with E-state index < -0.39 is 0 Å². The number of aliphatic imine (C=N–C) groups is 2. The Morgan fingerprint density at radius 2 is 1.46 bits per heavy atom. The number of rotatable bonds is 13. The molecule has 0 bridgehead atoms. The molecule has 0 radical (unpaired) electrons. The van der Waals surface area contributed by atoms with Crippen LogP contribution in [0.5, 0.6) is 0 Å². The highest BCUT2D eigenvalue weighted by molar-refractivity contribution is 6.13. The topological polar surface area (TPSA) is 124 Å². The molecule has 76 heavy (non-hydrogen) atoms. The predicted molar refractivity (Wildman–Crippen MR) is 308 cm³/mol. The molecule has 0 spiro atoms. The summed E-state index contributed by atoms with van der Waals surface area (Å²) in [6, 6.07) is 35.9. The zero-order valence-corrected chi connectivity index (χ0v) is 44.7. The number of allylic oxidation sites excluding steroid dienone is 7. The van der Waals surface area contributed by atoms with Gasteiger partial charge in [-0.2, -0.15) is 10.5 Å². The fourth-order valence-electron chi connectivity index (χ4n) is 10.8. The second-order valence-corrected chi connectivity index (χ2v) is 19.3. The number of nitriles is 2. The minimum atomic E-state index is -0.334. The molecule has 384 valence electrons. The number of hydrogen-bond donors (Lipinski definition) is 0. The Morgan fingerprint density at radius 3 is 2.16 bits per heavy atom. The summed E-state index contributed by atoms with van der Waals surface area (Å²) in [5.41, 5.74) is 11.8. The van der Waals surface area contributed by atoms with Crippen molar-refractivity contribution in [2.45, 2.75) is 86.6 Å². The third-order valence-electron chi connectivity index (χ3n) is 14.7. The average Bonchev–Trinajstić information content (AvgIpc) is 3.51. The van der Waals surface area contributed by atoms with Crippen molar-refractivity contribution in [3.8, 4) is 34.8 Å². The van der Waals surface area contributed by atoms with Gasteiger partial charge in [0.25, 0.3) is 0 Å². The summed E-state index contributed by atoms with van der Waals surface area (Å²) < 4.78 is 30.4. The zero-order chi connectivity index (χ0) is 54.5. The SMILES string of the molecule is C=CC(C)C1CCC(C(=NCc2cc(C)nc3ccccc23)c2ccccc2F)=C(N=C)C1/C=C(\C)C#N.C=CC(C)C1CCc2c(-c3ccccc3F)nc(-c3ccnc4c(C)cccc34)nc2C1/C=C/C#N.CC. The first-order valence-corrected chi connectivity index (χ1v) is 26.2. The summed E-state index contributed by atoms with van der Waals surface area (Å²) in [6.07, 6.45) is 14.2. The van der Waals surface area contributed by atoms with Crippen LogP contribution in [0.1, 0.15) is 93.4 Å². The number of fused-ring (bicyclic) bond motifs is 3. The molecule has 8 nitrogen and oxygen atoms in total. The lowest BCUT2D eigenvalue weighted by Gasteiger charge is -2.35. The molecule has 0 aliphatic heterocycles. The number of hydrogen-bond acceptors (Lipinski definition) is 8. The molecule has 3 heterocycles. The van der Waals surface area contributed by atoms with E-state index in [1.54, 1.807) is 37.4 Å². The van der Waals surface area contributed by atoms with Gasteiger partial charge in [-0.15, -0.1) is 13.2 Å². The maximum atomic E-state index is 15.3. The van der Waals surface area contributed by atoms with Crippen molar-refractivity contribution in [2.24, 2.45) is 39.6 Å². The lowest BCUT2D eigenvalue weighted by Crippen LogP contribution is -2.28. The van der Waals surface area contributed by atoms with Gasteiger partial charge in [0, 0.05) is 74.0 Å². The van der Waals surface area contributed by atoms with Crippen molar-refractivity contribution in [2.75, 3.05) is 0 Å². The Kier molecular flexibility index (Phi) is 18.8. The maximum absolute atomic E-state index is 15.3.